The summed E-state index contributed by atoms with van der Waals surface area (Å²) in [5.41, 5.74) is 0. The van der Waals surface area contributed by atoms with Crippen molar-refractivity contribution in [3.8, 4) is 0 Å². The molecule has 0 radical (unpaired) electrons. The molecule has 0 aromatic rings. The first-order valence-electron chi connectivity index (χ1n) is 7.00. The Balaban J connectivity index is 1.74. The topological polar surface area (TPSA) is 50.8 Å². The van der Waals surface area contributed by atoms with Gasteiger partial charge in [0, 0.05) is 25.2 Å². The molecule has 2 atom stereocenters. The molecule has 5 heteroatoms. The van der Waals surface area contributed by atoms with Gasteiger partial charge in [0.15, 0.2) is 0 Å². The quantitative estimate of drug-likeness (QED) is 0.699. The lowest BCUT2D eigenvalue weighted by Crippen LogP contribution is -2.44. The van der Waals surface area contributed by atoms with Crippen molar-refractivity contribution in [1.29, 1.82) is 0 Å². The summed E-state index contributed by atoms with van der Waals surface area (Å²) < 4.78 is 10.6. The van der Waals surface area contributed by atoms with Gasteiger partial charge in [-0.2, -0.15) is 0 Å². The molecule has 2 saturated heterocycles. The van der Waals surface area contributed by atoms with E-state index in [1.165, 1.54) is 0 Å². The second-order valence-corrected chi connectivity index (χ2v) is 4.93. The third-order valence-electron chi connectivity index (χ3n) is 3.74. The van der Waals surface area contributed by atoms with E-state index in [1.54, 1.807) is 0 Å². The molecule has 2 unspecified atom stereocenters. The molecule has 0 aromatic carbocycles. The van der Waals surface area contributed by atoms with E-state index in [-0.39, 0.29) is 12.5 Å². The molecule has 104 valence electrons. The first-order valence-corrected chi connectivity index (χ1v) is 7.00. The Bertz CT molecular complexity index is 259. The maximum absolute atomic E-state index is 12.2. The number of ether oxygens (including phenoxy) is 2. The number of fused-ring (bicyclic) bond motifs is 2. The fourth-order valence-electron chi connectivity index (χ4n) is 2.89. The SMILES string of the molecule is CCOCCOCC(=O)N1C2CCNCC1CC2. The van der Waals surface area contributed by atoms with Gasteiger partial charge in [0.1, 0.15) is 6.61 Å². The predicted molar refractivity (Wildman–Crippen MR) is 68.5 cm³/mol. The zero-order valence-electron chi connectivity index (χ0n) is 11.2. The number of hydrogen-bond donors (Lipinski definition) is 1. The Morgan fingerprint density at radius 2 is 2.00 bits per heavy atom. The lowest BCUT2D eigenvalue weighted by Gasteiger charge is -2.27. The Morgan fingerprint density at radius 3 is 2.83 bits per heavy atom. The fraction of sp³-hybridized carbons (Fsp3) is 0.923. The van der Waals surface area contributed by atoms with E-state index in [0.29, 0.717) is 31.9 Å². The largest absolute Gasteiger partial charge is 0.379 e. The van der Waals surface area contributed by atoms with Gasteiger partial charge in [-0.3, -0.25) is 4.79 Å². The fourth-order valence-corrected chi connectivity index (χ4v) is 2.89. The summed E-state index contributed by atoms with van der Waals surface area (Å²) in [6, 6.07) is 0.800. The Morgan fingerprint density at radius 1 is 1.22 bits per heavy atom. The number of nitrogens with one attached hydrogen (secondary N) is 1. The van der Waals surface area contributed by atoms with Gasteiger partial charge in [-0.15, -0.1) is 0 Å². The van der Waals surface area contributed by atoms with Gasteiger partial charge in [0.25, 0.3) is 0 Å². The van der Waals surface area contributed by atoms with Crippen molar-refractivity contribution in [2.24, 2.45) is 0 Å². The van der Waals surface area contributed by atoms with Crippen molar-refractivity contribution in [2.45, 2.75) is 38.3 Å². The van der Waals surface area contributed by atoms with E-state index in [0.717, 1.165) is 32.4 Å². The number of hydrogen-bond acceptors (Lipinski definition) is 4. The monoisotopic (exact) mass is 256 g/mol. The molecule has 1 amide bonds. The number of nitrogens with zero attached hydrogens (tertiary/aromatic N) is 1. The van der Waals surface area contributed by atoms with Gasteiger partial charge in [-0.05, 0) is 32.7 Å². The molecule has 2 bridgehead atoms. The summed E-state index contributed by atoms with van der Waals surface area (Å²) >= 11 is 0. The molecular weight excluding hydrogens is 232 g/mol. The summed E-state index contributed by atoms with van der Waals surface area (Å²) in [6.45, 7) is 5.86. The molecule has 2 fully saturated rings. The van der Waals surface area contributed by atoms with Crippen LogP contribution in [-0.2, 0) is 14.3 Å². The van der Waals surface area contributed by atoms with Crippen LogP contribution in [0, 0.1) is 0 Å². The summed E-state index contributed by atoms with van der Waals surface area (Å²) in [6.07, 6.45) is 3.35. The van der Waals surface area contributed by atoms with Crippen LogP contribution < -0.4 is 5.32 Å². The van der Waals surface area contributed by atoms with E-state index in [2.05, 4.69) is 10.2 Å². The van der Waals surface area contributed by atoms with Crippen molar-refractivity contribution in [3.05, 3.63) is 0 Å². The van der Waals surface area contributed by atoms with Crippen molar-refractivity contribution in [2.75, 3.05) is 39.5 Å². The van der Waals surface area contributed by atoms with Crippen molar-refractivity contribution in [1.82, 2.24) is 10.2 Å². The molecule has 18 heavy (non-hydrogen) atoms. The van der Waals surface area contributed by atoms with Gasteiger partial charge >= 0.3 is 0 Å². The lowest BCUT2D eigenvalue weighted by atomic mass is 10.1. The second-order valence-electron chi connectivity index (χ2n) is 4.93. The Labute approximate surface area is 109 Å². The Kier molecular flexibility index (Phi) is 5.41. The van der Waals surface area contributed by atoms with Crippen LogP contribution in [0.5, 0.6) is 0 Å². The van der Waals surface area contributed by atoms with Gasteiger partial charge in [0.2, 0.25) is 5.91 Å². The minimum Gasteiger partial charge on any atom is -0.379 e. The summed E-state index contributed by atoms with van der Waals surface area (Å²) in [7, 11) is 0. The molecule has 2 rings (SSSR count). The lowest BCUT2D eigenvalue weighted by molar-refractivity contribution is -0.139. The van der Waals surface area contributed by atoms with Crippen LogP contribution in [-0.4, -0.2) is 62.4 Å². The molecule has 0 aromatic heterocycles. The van der Waals surface area contributed by atoms with E-state index in [1.807, 2.05) is 6.92 Å². The van der Waals surface area contributed by atoms with Crippen LogP contribution in [0.1, 0.15) is 26.2 Å². The highest BCUT2D eigenvalue weighted by Gasteiger charge is 2.37. The van der Waals surface area contributed by atoms with Crippen LogP contribution in [0.15, 0.2) is 0 Å². The maximum Gasteiger partial charge on any atom is 0.249 e. The molecule has 5 nitrogen and oxygen atoms in total. The molecule has 2 heterocycles. The first-order chi connectivity index (χ1) is 8.83. The predicted octanol–water partition coefficient (Wildman–Crippen LogP) is 0.392. The highest BCUT2D eigenvalue weighted by molar-refractivity contribution is 5.78. The van der Waals surface area contributed by atoms with Crippen LogP contribution in [0.3, 0.4) is 0 Å². The van der Waals surface area contributed by atoms with E-state index < -0.39 is 0 Å². The van der Waals surface area contributed by atoms with Crippen molar-refractivity contribution in [3.63, 3.8) is 0 Å². The second kappa shape index (κ2) is 7.07. The van der Waals surface area contributed by atoms with Crippen LogP contribution >= 0.6 is 0 Å². The van der Waals surface area contributed by atoms with Crippen LogP contribution in [0.25, 0.3) is 0 Å². The molecule has 2 aliphatic heterocycles. The highest BCUT2D eigenvalue weighted by atomic mass is 16.5. The zero-order valence-corrected chi connectivity index (χ0v) is 11.2. The van der Waals surface area contributed by atoms with E-state index in [9.17, 15) is 4.79 Å². The molecule has 1 N–H and O–H groups in total. The molecule has 2 aliphatic rings. The maximum atomic E-state index is 12.2. The van der Waals surface area contributed by atoms with Crippen LogP contribution in [0.4, 0.5) is 0 Å². The third-order valence-corrected chi connectivity index (χ3v) is 3.74. The van der Waals surface area contributed by atoms with Gasteiger partial charge in [-0.1, -0.05) is 0 Å². The number of amides is 1. The number of carbonyl (C=O) groups is 1. The molecule has 0 saturated carbocycles. The Hall–Kier alpha value is -0.650. The summed E-state index contributed by atoms with van der Waals surface area (Å²) in [5, 5.41) is 3.39. The average molecular weight is 256 g/mol. The third kappa shape index (κ3) is 3.43. The minimum atomic E-state index is 0.141. The van der Waals surface area contributed by atoms with Crippen LogP contribution in [0.2, 0.25) is 0 Å². The van der Waals surface area contributed by atoms with Gasteiger partial charge in [0.05, 0.1) is 13.2 Å². The van der Waals surface area contributed by atoms with Gasteiger partial charge < -0.3 is 19.7 Å². The summed E-state index contributed by atoms with van der Waals surface area (Å²) in [5.74, 6) is 0.141. The molecule has 0 aliphatic carbocycles. The smallest absolute Gasteiger partial charge is 0.249 e. The zero-order chi connectivity index (χ0) is 12.8. The van der Waals surface area contributed by atoms with E-state index in [4.69, 9.17) is 9.47 Å². The highest BCUT2D eigenvalue weighted by Crippen LogP contribution is 2.27. The molecule has 0 spiro atoms. The number of carbonyl (C=O) groups excluding carboxylic acids is 1. The van der Waals surface area contributed by atoms with E-state index >= 15 is 0 Å². The summed E-state index contributed by atoms with van der Waals surface area (Å²) in [4.78, 5) is 14.2. The van der Waals surface area contributed by atoms with Crippen molar-refractivity contribution >= 4 is 5.91 Å². The minimum absolute atomic E-state index is 0.141. The van der Waals surface area contributed by atoms with Gasteiger partial charge in [-0.25, -0.2) is 0 Å². The van der Waals surface area contributed by atoms with Crippen molar-refractivity contribution < 1.29 is 14.3 Å². The average Bonchev–Trinajstić information content (AvgIpc) is 2.62. The first kappa shape index (κ1) is 13.8. The molecular formula is C13H24N2O3. The standard InChI is InChI=1S/C13H24N2O3/c1-2-17-7-8-18-10-13(16)15-11-3-4-12(15)9-14-6-5-11/h11-12,14H,2-10H2,1H3. The number of rotatable bonds is 6. The normalized spacial score (nSPS) is 27.3.